The van der Waals surface area contributed by atoms with E-state index < -0.39 is 0 Å². The number of carbonyl (C=O) groups is 1. The third-order valence-corrected chi connectivity index (χ3v) is 4.25. The Labute approximate surface area is 159 Å². The van der Waals surface area contributed by atoms with Gasteiger partial charge in [0, 0.05) is 32.1 Å². The molecule has 144 valence electrons. The van der Waals surface area contributed by atoms with Gasteiger partial charge in [-0.3, -0.25) is 4.79 Å². The van der Waals surface area contributed by atoms with Gasteiger partial charge in [0.1, 0.15) is 24.0 Å². The highest BCUT2D eigenvalue weighted by Crippen LogP contribution is 2.14. The zero-order valence-electron chi connectivity index (χ0n) is 15.4. The predicted octanol–water partition coefficient (Wildman–Crippen LogP) is 1.97. The van der Waals surface area contributed by atoms with Crippen molar-refractivity contribution in [3.05, 3.63) is 36.4 Å². The highest BCUT2D eigenvalue weighted by molar-refractivity contribution is 5.78. The number of anilines is 3. The van der Waals surface area contributed by atoms with Crippen molar-refractivity contribution in [2.24, 2.45) is 0 Å². The molecule has 1 saturated heterocycles. The summed E-state index contributed by atoms with van der Waals surface area (Å²) in [4.78, 5) is 21.9. The number of nitrogens with one attached hydrogen (secondary N) is 2. The van der Waals surface area contributed by atoms with Gasteiger partial charge in [0.15, 0.2) is 0 Å². The summed E-state index contributed by atoms with van der Waals surface area (Å²) < 4.78 is 5.64. The van der Waals surface area contributed by atoms with Gasteiger partial charge >= 0.3 is 0 Å². The Morgan fingerprint density at radius 2 is 1.85 bits per heavy atom. The maximum Gasteiger partial charge on any atom is 0.223 e. The van der Waals surface area contributed by atoms with E-state index in [4.69, 9.17) is 10.5 Å². The quantitative estimate of drug-likeness (QED) is 0.549. The van der Waals surface area contributed by atoms with Gasteiger partial charge in [0.25, 0.3) is 0 Å². The number of nitrogens with two attached hydrogens (primary N) is 1. The van der Waals surface area contributed by atoms with Crippen molar-refractivity contribution in [2.75, 3.05) is 49.2 Å². The topological polar surface area (TPSA) is 105 Å². The molecule has 0 spiro atoms. The Morgan fingerprint density at radius 3 is 2.56 bits per heavy atom. The molecule has 0 saturated carbocycles. The van der Waals surface area contributed by atoms with Crippen LogP contribution in [0.25, 0.3) is 0 Å². The number of aromatic nitrogens is 2. The van der Waals surface area contributed by atoms with Crippen LogP contribution in [0.15, 0.2) is 36.4 Å². The van der Waals surface area contributed by atoms with Crippen molar-refractivity contribution in [3.8, 4) is 5.75 Å². The van der Waals surface area contributed by atoms with E-state index in [1.807, 2.05) is 41.3 Å². The summed E-state index contributed by atoms with van der Waals surface area (Å²) >= 11 is 0. The zero-order chi connectivity index (χ0) is 18.9. The second-order valence-electron chi connectivity index (χ2n) is 6.35. The molecule has 27 heavy (non-hydrogen) atoms. The van der Waals surface area contributed by atoms with Crippen LogP contribution in [0.4, 0.5) is 17.6 Å². The van der Waals surface area contributed by atoms with E-state index in [9.17, 15) is 4.79 Å². The number of ether oxygens (including phenoxy) is 1. The Bertz CT molecular complexity index is 740. The van der Waals surface area contributed by atoms with E-state index in [0.717, 1.165) is 38.2 Å². The minimum atomic E-state index is 0.209. The van der Waals surface area contributed by atoms with Gasteiger partial charge in [-0.2, -0.15) is 9.97 Å². The molecule has 2 heterocycles. The molecule has 1 amide bonds. The van der Waals surface area contributed by atoms with Gasteiger partial charge < -0.3 is 26.0 Å². The van der Waals surface area contributed by atoms with Crippen LogP contribution < -0.4 is 21.1 Å². The molecule has 1 fully saturated rings. The van der Waals surface area contributed by atoms with Gasteiger partial charge in [0.2, 0.25) is 11.9 Å². The van der Waals surface area contributed by atoms with E-state index in [2.05, 4.69) is 20.6 Å². The van der Waals surface area contributed by atoms with E-state index in [1.165, 1.54) is 0 Å². The fraction of sp³-hybridized carbons (Fsp3) is 0.421. The van der Waals surface area contributed by atoms with Crippen LogP contribution >= 0.6 is 0 Å². The first-order valence-corrected chi connectivity index (χ1v) is 9.28. The van der Waals surface area contributed by atoms with E-state index in [0.29, 0.717) is 31.2 Å². The van der Waals surface area contributed by atoms with Crippen LogP contribution in [0, 0.1) is 0 Å². The van der Waals surface area contributed by atoms with Crippen molar-refractivity contribution in [3.63, 3.8) is 0 Å². The third kappa shape index (κ3) is 6.02. The minimum absolute atomic E-state index is 0.209. The SMILES string of the molecule is Nc1nc(NCCCN2CCCC2=O)cc(NCCOc2ccccc2)n1. The lowest BCUT2D eigenvalue weighted by atomic mass is 10.3. The van der Waals surface area contributed by atoms with Crippen molar-refractivity contribution in [1.82, 2.24) is 14.9 Å². The third-order valence-electron chi connectivity index (χ3n) is 4.25. The first-order valence-electron chi connectivity index (χ1n) is 9.28. The number of benzene rings is 1. The van der Waals surface area contributed by atoms with Crippen LogP contribution in [0.1, 0.15) is 19.3 Å². The predicted molar refractivity (Wildman–Crippen MR) is 106 cm³/mol. The number of hydrogen-bond donors (Lipinski definition) is 3. The summed E-state index contributed by atoms with van der Waals surface area (Å²) in [7, 11) is 0. The van der Waals surface area contributed by atoms with Crippen LogP contribution in [0.5, 0.6) is 5.75 Å². The zero-order valence-corrected chi connectivity index (χ0v) is 15.4. The lowest BCUT2D eigenvalue weighted by molar-refractivity contribution is -0.127. The molecular weight excluding hydrogens is 344 g/mol. The van der Waals surface area contributed by atoms with Gasteiger partial charge in [0.05, 0.1) is 6.54 Å². The summed E-state index contributed by atoms with van der Waals surface area (Å²) in [6.07, 6.45) is 2.51. The number of rotatable bonds is 10. The van der Waals surface area contributed by atoms with E-state index in [1.54, 1.807) is 0 Å². The Morgan fingerprint density at radius 1 is 1.11 bits per heavy atom. The first-order chi connectivity index (χ1) is 13.2. The molecular formula is C19H26N6O2. The van der Waals surface area contributed by atoms with Crippen molar-refractivity contribution in [2.45, 2.75) is 19.3 Å². The van der Waals surface area contributed by atoms with Crippen molar-refractivity contribution < 1.29 is 9.53 Å². The molecule has 1 aromatic heterocycles. The number of likely N-dealkylation sites (tertiary alicyclic amines) is 1. The molecule has 8 nitrogen and oxygen atoms in total. The maximum absolute atomic E-state index is 11.6. The standard InChI is InChI=1S/C19H26N6O2/c20-19-23-16(21-9-5-12-25-11-4-8-18(25)26)14-17(24-19)22-10-13-27-15-6-2-1-3-7-15/h1-3,6-7,14H,4-5,8-13H2,(H4,20,21,22,23,24). The summed E-state index contributed by atoms with van der Waals surface area (Å²) in [6.45, 7) is 3.48. The van der Waals surface area contributed by atoms with Gasteiger partial charge in [-0.05, 0) is 25.0 Å². The molecule has 0 bridgehead atoms. The smallest absolute Gasteiger partial charge is 0.223 e. The molecule has 2 aromatic rings. The Hall–Kier alpha value is -3.03. The fourth-order valence-electron chi connectivity index (χ4n) is 2.94. The average Bonchev–Trinajstić information content (AvgIpc) is 3.08. The van der Waals surface area contributed by atoms with Crippen molar-refractivity contribution in [1.29, 1.82) is 0 Å². The van der Waals surface area contributed by atoms with Gasteiger partial charge in [-0.25, -0.2) is 0 Å². The minimum Gasteiger partial charge on any atom is -0.492 e. The average molecular weight is 370 g/mol. The summed E-state index contributed by atoms with van der Waals surface area (Å²) in [5.41, 5.74) is 5.79. The molecule has 0 aliphatic carbocycles. The van der Waals surface area contributed by atoms with Crippen LogP contribution in [-0.4, -0.2) is 53.6 Å². The molecule has 4 N–H and O–H groups in total. The Kier molecular flexibility index (Phi) is 6.67. The molecule has 0 unspecified atom stereocenters. The lowest BCUT2D eigenvalue weighted by Crippen LogP contribution is -2.27. The highest BCUT2D eigenvalue weighted by Gasteiger charge is 2.18. The molecule has 1 aliphatic rings. The fourth-order valence-corrected chi connectivity index (χ4v) is 2.94. The Balaban J connectivity index is 1.39. The normalized spacial score (nSPS) is 13.6. The van der Waals surface area contributed by atoms with E-state index >= 15 is 0 Å². The van der Waals surface area contributed by atoms with Crippen LogP contribution in [0.2, 0.25) is 0 Å². The monoisotopic (exact) mass is 370 g/mol. The van der Waals surface area contributed by atoms with Crippen LogP contribution in [0.3, 0.4) is 0 Å². The van der Waals surface area contributed by atoms with Gasteiger partial charge in [-0.1, -0.05) is 18.2 Å². The number of nitrogens with zero attached hydrogens (tertiary/aromatic N) is 3. The highest BCUT2D eigenvalue weighted by atomic mass is 16.5. The van der Waals surface area contributed by atoms with Crippen molar-refractivity contribution >= 4 is 23.5 Å². The van der Waals surface area contributed by atoms with Gasteiger partial charge in [-0.15, -0.1) is 0 Å². The molecule has 3 rings (SSSR count). The van der Waals surface area contributed by atoms with E-state index in [-0.39, 0.29) is 11.9 Å². The first kappa shape index (κ1) is 18.8. The molecule has 0 atom stereocenters. The molecule has 8 heteroatoms. The number of amides is 1. The second-order valence-corrected chi connectivity index (χ2v) is 6.35. The summed E-state index contributed by atoms with van der Waals surface area (Å²) in [5.74, 6) is 2.62. The number of carbonyl (C=O) groups excluding carboxylic acids is 1. The lowest BCUT2D eigenvalue weighted by Gasteiger charge is -2.15. The number of nitrogen functional groups attached to an aromatic ring is 1. The second kappa shape index (κ2) is 9.61. The number of hydrogen-bond acceptors (Lipinski definition) is 7. The summed E-state index contributed by atoms with van der Waals surface area (Å²) in [5, 5.41) is 6.43. The number of para-hydroxylation sites is 1. The largest absolute Gasteiger partial charge is 0.492 e. The molecule has 1 aromatic carbocycles. The molecule has 0 radical (unpaired) electrons. The van der Waals surface area contributed by atoms with Crippen LogP contribution in [-0.2, 0) is 4.79 Å². The molecule has 1 aliphatic heterocycles. The summed E-state index contributed by atoms with van der Waals surface area (Å²) in [6, 6.07) is 11.5. The maximum atomic E-state index is 11.6.